The van der Waals surface area contributed by atoms with Gasteiger partial charge in [0.05, 0.1) is 24.0 Å². The van der Waals surface area contributed by atoms with Crippen LogP contribution in [-0.2, 0) is 4.79 Å². The van der Waals surface area contributed by atoms with E-state index in [1.165, 1.54) is 30.9 Å². The first-order valence-electron chi connectivity index (χ1n) is 11.5. The van der Waals surface area contributed by atoms with E-state index < -0.39 is 23.2 Å². The number of nitrogens with zero attached hydrogens (tertiary/aromatic N) is 5. The van der Waals surface area contributed by atoms with Gasteiger partial charge in [0.2, 0.25) is 11.8 Å². The highest BCUT2D eigenvalue weighted by atomic mass is 19.1. The van der Waals surface area contributed by atoms with Gasteiger partial charge < -0.3 is 20.2 Å². The molecule has 1 N–H and O–H groups in total. The molecule has 3 heterocycles. The predicted molar refractivity (Wildman–Crippen MR) is 129 cm³/mol. The number of rotatable bonds is 6. The zero-order valence-corrected chi connectivity index (χ0v) is 20.5. The fraction of sp³-hybridized carbons (Fsp3) is 0.320. The van der Waals surface area contributed by atoms with Crippen molar-refractivity contribution in [3.05, 3.63) is 77.5 Å². The first-order chi connectivity index (χ1) is 17.5. The second kappa shape index (κ2) is 10.4. The van der Waals surface area contributed by atoms with Crippen LogP contribution < -0.4 is 14.8 Å². The first kappa shape index (κ1) is 25.9. The molecule has 37 heavy (non-hydrogen) atoms. The average molecular weight is 513 g/mol. The van der Waals surface area contributed by atoms with Crippen molar-refractivity contribution in [2.75, 3.05) is 25.0 Å². The van der Waals surface area contributed by atoms with Gasteiger partial charge in [0.25, 0.3) is 5.91 Å². The highest BCUT2D eigenvalue weighted by molar-refractivity contribution is 5.95. The van der Waals surface area contributed by atoms with E-state index >= 15 is 0 Å². The third-order valence-corrected chi connectivity index (χ3v) is 6.11. The summed E-state index contributed by atoms with van der Waals surface area (Å²) in [5.74, 6) is -2.24. The van der Waals surface area contributed by atoms with Gasteiger partial charge in [0.15, 0.2) is 29.8 Å². The molecule has 0 bridgehead atoms. The minimum Gasteiger partial charge on any atom is -0.619 e. The number of pyridine rings is 1. The molecule has 0 aliphatic carbocycles. The van der Waals surface area contributed by atoms with Gasteiger partial charge in [-0.1, -0.05) is 0 Å². The normalized spacial score (nSPS) is 16.2. The Kier molecular flexibility index (Phi) is 7.30. The Balaban J connectivity index is 1.35. The van der Waals surface area contributed by atoms with Gasteiger partial charge in [-0.3, -0.25) is 14.5 Å². The average Bonchev–Trinajstić information content (AvgIpc) is 2.85. The Morgan fingerprint density at radius 2 is 1.97 bits per heavy atom. The van der Waals surface area contributed by atoms with E-state index in [1.54, 1.807) is 17.9 Å². The van der Waals surface area contributed by atoms with Crippen LogP contribution in [0, 0.1) is 16.8 Å². The lowest BCUT2D eigenvalue weighted by atomic mass is 9.96. The van der Waals surface area contributed by atoms with Crippen LogP contribution in [-0.4, -0.2) is 62.8 Å². The Hall–Kier alpha value is -4.19. The number of halogens is 2. The zero-order valence-electron chi connectivity index (χ0n) is 20.5. The van der Waals surface area contributed by atoms with Crippen molar-refractivity contribution in [2.24, 2.45) is 0 Å². The maximum atomic E-state index is 13.8. The Morgan fingerprint density at radius 3 is 2.62 bits per heavy atom. The molecule has 4 rings (SSSR count). The molecule has 1 aromatic carbocycles. The van der Waals surface area contributed by atoms with E-state index in [-0.39, 0.29) is 29.3 Å². The summed E-state index contributed by atoms with van der Waals surface area (Å²) >= 11 is 0. The first-order valence-corrected chi connectivity index (χ1v) is 11.5. The van der Waals surface area contributed by atoms with Crippen LogP contribution in [0.4, 0.5) is 14.6 Å². The number of amides is 2. The maximum absolute atomic E-state index is 13.8. The van der Waals surface area contributed by atoms with E-state index in [2.05, 4.69) is 15.3 Å². The summed E-state index contributed by atoms with van der Waals surface area (Å²) in [6.07, 6.45) is 5.04. The Bertz CT molecular complexity index is 1300. The van der Waals surface area contributed by atoms with Crippen LogP contribution in [0.5, 0.6) is 11.6 Å². The molecule has 3 aromatic rings. The molecule has 1 aliphatic rings. The van der Waals surface area contributed by atoms with Crippen molar-refractivity contribution in [1.82, 2.24) is 19.8 Å². The van der Waals surface area contributed by atoms with Gasteiger partial charge in [-0.05, 0) is 39.0 Å². The number of piperazine rings is 1. The fourth-order valence-corrected chi connectivity index (χ4v) is 4.14. The molecule has 1 fully saturated rings. The molecule has 1 atom stereocenters. The molecule has 0 unspecified atom stereocenters. The van der Waals surface area contributed by atoms with Crippen molar-refractivity contribution in [3.8, 4) is 11.6 Å². The van der Waals surface area contributed by atoms with E-state index in [9.17, 15) is 23.6 Å². The molecule has 194 valence electrons. The molecule has 1 saturated heterocycles. The van der Waals surface area contributed by atoms with Gasteiger partial charge in [-0.25, -0.2) is 18.7 Å². The smallest absolute Gasteiger partial charge is 0.260 e. The molecule has 10 nitrogen and oxygen atoms in total. The van der Waals surface area contributed by atoms with Gasteiger partial charge in [0.1, 0.15) is 11.4 Å². The number of ether oxygens (including phenoxy) is 1. The van der Waals surface area contributed by atoms with Gasteiger partial charge in [-0.2, -0.15) is 4.73 Å². The molecule has 12 heteroatoms. The van der Waals surface area contributed by atoms with E-state index in [4.69, 9.17) is 4.74 Å². The fourth-order valence-electron chi connectivity index (χ4n) is 4.14. The van der Waals surface area contributed by atoms with Crippen LogP contribution in [0.3, 0.4) is 0 Å². The molecule has 2 amide bonds. The predicted octanol–water partition coefficient (Wildman–Crippen LogP) is 2.74. The van der Waals surface area contributed by atoms with E-state index in [0.717, 1.165) is 12.1 Å². The largest absolute Gasteiger partial charge is 0.619 e. The molecule has 1 aliphatic heterocycles. The van der Waals surface area contributed by atoms with Crippen LogP contribution in [0.1, 0.15) is 31.1 Å². The molecular weight excluding hydrogens is 486 g/mol. The number of hydrogen-bond donors (Lipinski definition) is 1. The van der Waals surface area contributed by atoms with Crippen molar-refractivity contribution in [2.45, 2.75) is 32.4 Å². The van der Waals surface area contributed by atoms with E-state index in [0.29, 0.717) is 36.0 Å². The van der Waals surface area contributed by atoms with Crippen molar-refractivity contribution in [1.29, 1.82) is 0 Å². The van der Waals surface area contributed by atoms with E-state index in [1.807, 2.05) is 18.7 Å². The standard InChI is InChI=1S/C25H26F2N6O4/c1-16(31-9-10-33(25(2,3)15-31)24(35)17-5-4-8-32(36)14-17)23(34)30-21-12-29-22(13-28-21)37-20-7-6-18(26)11-19(20)27/h4-8,11-14,16H,9-10,15H2,1-3H3,(H,28,30,34)/t16-/m0/s1. The summed E-state index contributed by atoms with van der Waals surface area (Å²) in [4.78, 5) is 37.7. The molecule has 0 radical (unpaired) electrons. The van der Waals surface area contributed by atoms with Crippen LogP contribution in [0.25, 0.3) is 0 Å². The molecule has 0 saturated carbocycles. The number of nitrogens with one attached hydrogen (secondary N) is 1. The maximum Gasteiger partial charge on any atom is 0.260 e. The number of benzene rings is 1. The van der Waals surface area contributed by atoms with Crippen molar-refractivity contribution >= 4 is 17.6 Å². The van der Waals surface area contributed by atoms with Crippen LogP contribution in [0.2, 0.25) is 0 Å². The minimum absolute atomic E-state index is 0.0278. The number of anilines is 1. The number of carbonyl (C=O) groups is 2. The van der Waals surface area contributed by atoms with Crippen LogP contribution >= 0.6 is 0 Å². The SMILES string of the molecule is C[C@@H](C(=O)Nc1cnc(Oc2ccc(F)cc2F)cn1)N1CCN(C(=O)c2ccc[n+]([O-])c2)C(C)(C)C1. The lowest BCUT2D eigenvalue weighted by molar-refractivity contribution is -0.605. The third kappa shape index (κ3) is 5.97. The highest BCUT2D eigenvalue weighted by Crippen LogP contribution is 2.26. The number of hydrogen-bond acceptors (Lipinski definition) is 7. The molecular formula is C25H26F2N6O4. The highest BCUT2D eigenvalue weighted by Gasteiger charge is 2.40. The minimum atomic E-state index is -0.879. The van der Waals surface area contributed by atoms with Crippen molar-refractivity contribution in [3.63, 3.8) is 0 Å². The summed E-state index contributed by atoms with van der Waals surface area (Å²) in [6.45, 7) is 6.83. The molecule has 2 aromatic heterocycles. The summed E-state index contributed by atoms with van der Waals surface area (Å²) in [7, 11) is 0. The quantitative estimate of drug-likeness (QED) is 0.399. The second-order valence-corrected chi connectivity index (χ2v) is 9.27. The van der Waals surface area contributed by atoms with Crippen molar-refractivity contribution < 1.29 is 27.8 Å². The Labute approximate surface area is 212 Å². The Morgan fingerprint density at radius 1 is 1.19 bits per heavy atom. The number of aromatic nitrogens is 3. The molecule has 0 spiro atoms. The monoisotopic (exact) mass is 512 g/mol. The summed E-state index contributed by atoms with van der Waals surface area (Å²) in [5, 5.41) is 14.3. The topological polar surface area (TPSA) is 115 Å². The van der Waals surface area contributed by atoms with Crippen LogP contribution in [0.15, 0.2) is 55.1 Å². The van der Waals surface area contributed by atoms with Gasteiger partial charge >= 0.3 is 0 Å². The summed E-state index contributed by atoms with van der Waals surface area (Å²) in [6, 6.07) is 5.48. The lowest BCUT2D eigenvalue weighted by Crippen LogP contribution is -2.63. The van der Waals surface area contributed by atoms with Gasteiger partial charge in [0, 0.05) is 31.8 Å². The lowest BCUT2D eigenvalue weighted by Gasteiger charge is -2.48. The summed E-state index contributed by atoms with van der Waals surface area (Å²) < 4.78 is 32.7. The number of carbonyl (C=O) groups excluding carboxylic acids is 2. The van der Waals surface area contributed by atoms with Gasteiger partial charge in [-0.15, -0.1) is 0 Å². The summed E-state index contributed by atoms with van der Waals surface area (Å²) in [5.41, 5.74) is -0.292. The second-order valence-electron chi connectivity index (χ2n) is 9.27. The third-order valence-electron chi connectivity index (χ3n) is 6.11. The zero-order chi connectivity index (χ0) is 26.7.